The fraction of sp³-hybridized carbons (Fsp3) is 0.368. The van der Waals surface area contributed by atoms with Gasteiger partial charge in [0.2, 0.25) is 0 Å². The number of benzene rings is 1. The van der Waals surface area contributed by atoms with Crippen molar-refractivity contribution in [1.82, 2.24) is 19.9 Å². The number of piperidine rings is 1. The van der Waals surface area contributed by atoms with Crippen molar-refractivity contribution in [2.45, 2.75) is 32.1 Å². The van der Waals surface area contributed by atoms with Crippen molar-refractivity contribution in [3.05, 3.63) is 47.7 Å². The second kappa shape index (κ2) is 6.52. The number of aromatic nitrogens is 4. The molecular formula is C19H20N6. The summed E-state index contributed by atoms with van der Waals surface area (Å²) in [5.74, 6) is 2.95. The van der Waals surface area contributed by atoms with Gasteiger partial charge in [-0.1, -0.05) is 19.1 Å². The second-order valence-corrected chi connectivity index (χ2v) is 6.42. The van der Waals surface area contributed by atoms with Gasteiger partial charge in [-0.2, -0.15) is 5.26 Å². The van der Waals surface area contributed by atoms with Gasteiger partial charge < -0.3 is 9.88 Å². The number of H-pyrrole nitrogens is 1. The maximum Gasteiger partial charge on any atom is 0.146 e. The number of rotatable bonds is 3. The molecule has 1 aliphatic rings. The van der Waals surface area contributed by atoms with Crippen molar-refractivity contribution in [1.29, 1.82) is 5.26 Å². The first-order valence-electron chi connectivity index (χ1n) is 8.74. The van der Waals surface area contributed by atoms with E-state index in [4.69, 9.17) is 4.98 Å². The van der Waals surface area contributed by atoms with Gasteiger partial charge in [-0.25, -0.2) is 15.0 Å². The van der Waals surface area contributed by atoms with Crippen LogP contribution in [0.3, 0.4) is 0 Å². The lowest BCUT2D eigenvalue weighted by Crippen LogP contribution is -2.35. The molecule has 2 aromatic heterocycles. The van der Waals surface area contributed by atoms with E-state index < -0.39 is 0 Å². The summed E-state index contributed by atoms with van der Waals surface area (Å²) in [5, 5.41) is 9.22. The lowest BCUT2D eigenvalue weighted by molar-refractivity contribution is 0.492. The minimum absolute atomic E-state index is 0.340. The zero-order chi connectivity index (χ0) is 17.2. The summed E-state index contributed by atoms with van der Waals surface area (Å²) in [6, 6.07) is 12.1. The van der Waals surface area contributed by atoms with Crippen molar-refractivity contribution < 1.29 is 0 Å². The fourth-order valence-electron chi connectivity index (χ4n) is 3.43. The Morgan fingerprint density at radius 2 is 2.16 bits per heavy atom. The van der Waals surface area contributed by atoms with Crippen LogP contribution in [0.15, 0.2) is 30.3 Å². The van der Waals surface area contributed by atoms with Crippen LogP contribution in [0.1, 0.15) is 43.0 Å². The summed E-state index contributed by atoms with van der Waals surface area (Å²) >= 11 is 0. The molecule has 0 bridgehead atoms. The predicted molar refractivity (Wildman–Crippen MR) is 96.4 cm³/mol. The normalized spacial score (nSPS) is 17.6. The fourth-order valence-corrected chi connectivity index (χ4v) is 3.43. The van der Waals surface area contributed by atoms with Gasteiger partial charge in [0.05, 0.1) is 11.0 Å². The van der Waals surface area contributed by atoms with Crippen LogP contribution in [-0.4, -0.2) is 33.0 Å². The highest BCUT2D eigenvalue weighted by atomic mass is 15.2. The van der Waals surface area contributed by atoms with E-state index >= 15 is 0 Å². The van der Waals surface area contributed by atoms with E-state index in [2.05, 4.69) is 32.0 Å². The van der Waals surface area contributed by atoms with E-state index in [0.717, 1.165) is 60.9 Å². The number of anilines is 1. The Bertz CT molecular complexity index is 905. The number of aryl methyl sites for hydroxylation is 1. The molecule has 0 amide bonds. The van der Waals surface area contributed by atoms with Gasteiger partial charge >= 0.3 is 0 Å². The highest BCUT2D eigenvalue weighted by Crippen LogP contribution is 2.29. The van der Waals surface area contributed by atoms with Crippen LogP contribution >= 0.6 is 0 Å². The van der Waals surface area contributed by atoms with Crippen LogP contribution in [0.25, 0.3) is 11.0 Å². The van der Waals surface area contributed by atoms with Crippen molar-refractivity contribution in [3.8, 4) is 6.07 Å². The Labute approximate surface area is 146 Å². The molecule has 6 nitrogen and oxygen atoms in total. The van der Waals surface area contributed by atoms with E-state index in [1.54, 1.807) is 6.07 Å². The number of hydrogen-bond acceptors (Lipinski definition) is 5. The SMILES string of the molecule is CCc1nc(C#N)cc(N2CCCC(c3nc4ccccc4[nH]3)C2)n1. The summed E-state index contributed by atoms with van der Waals surface area (Å²) < 4.78 is 0. The number of nitriles is 1. The third kappa shape index (κ3) is 3.05. The highest BCUT2D eigenvalue weighted by molar-refractivity contribution is 5.74. The van der Waals surface area contributed by atoms with Gasteiger partial charge in [-0.3, -0.25) is 0 Å². The lowest BCUT2D eigenvalue weighted by Gasteiger charge is -2.32. The van der Waals surface area contributed by atoms with E-state index in [-0.39, 0.29) is 0 Å². The molecule has 4 rings (SSSR count). The van der Waals surface area contributed by atoms with Gasteiger partial charge in [0.15, 0.2) is 0 Å². The van der Waals surface area contributed by atoms with Gasteiger partial charge in [0, 0.05) is 31.5 Å². The Balaban J connectivity index is 1.62. The zero-order valence-corrected chi connectivity index (χ0v) is 14.2. The maximum atomic E-state index is 9.22. The Morgan fingerprint density at radius 1 is 1.28 bits per heavy atom. The number of nitrogens with one attached hydrogen (secondary N) is 1. The summed E-state index contributed by atoms with van der Waals surface area (Å²) in [7, 11) is 0. The largest absolute Gasteiger partial charge is 0.356 e. The van der Waals surface area contributed by atoms with Gasteiger partial charge in [-0.05, 0) is 25.0 Å². The number of para-hydroxylation sites is 2. The van der Waals surface area contributed by atoms with Gasteiger partial charge in [0.25, 0.3) is 0 Å². The molecule has 0 radical (unpaired) electrons. The summed E-state index contributed by atoms with van der Waals surface area (Å²) in [6.07, 6.45) is 2.91. The quantitative estimate of drug-likeness (QED) is 0.796. The van der Waals surface area contributed by atoms with E-state index in [1.165, 1.54) is 0 Å². The molecule has 1 unspecified atom stereocenters. The van der Waals surface area contributed by atoms with Crippen LogP contribution < -0.4 is 4.90 Å². The number of fused-ring (bicyclic) bond motifs is 1. The Hall–Kier alpha value is -2.94. The molecule has 25 heavy (non-hydrogen) atoms. The monoisotopic (exact) mass is 332 g/mol. The minimum Gasteiger partial charge on any atom is -0.356 e. The zero-order valence-electron chi connectivity index (χ0n) is 14.2. The van der Waals surface area contributed by atoms with Crippen LogP contribution in [-0.2, 0) is 6.42 Å². The first-order chi connectivity index (χ1) is 12.3. The first kappa shape index (κ1) is 15.6. The molecule has 3 aromatic rings. The van der Waals surface area contributed by atoms with Gasteiger partial charge in [-0.15, -0.1) is 0 Å². The molecule has 126 valence electrons. The summed E-state index contributed by atoms with van der Waals surface area (Å²) in [5.41, 5.74) is 2.53. The number of imidazole rings is 1. The summed E-state index contributed by atoms with van der Waals surface area (Å²) in [4.78, 5) is 19.4. The second-order valence-electron chi connectivity index (χ2n) is 6.42. The molecule has 0 spiro atoms. The van der Waals surface area contributed by atoms with Crippen molar-refractivity contribution in [3.63, 3.8) is 0 Å². The molecule has 1 aromatic carbocycles. The predicted octanol–water partition coefficient (Wildman–Crippen LogP) is 3.17. The van der Waals surface area contributed by atoms with Crippen LogP contribution in [0.2, 0.25) is 0 Å². The third-order valence-electron chi connectivity index (χ3n) is 4.73. The minimum atomic E-state index is 0.340. The average molecular weight is 332 g/mol. The standard InChI is InChI=1S/C19H20N6/c1-2-17-21-14(11-20)10-18(24-17)25-9-5-6-13(12-25)19-22-15-7-3-4-8-16(15)23-19/h3-4,7-8,10,13H,2,5-6,9,12H2,1H3,(H,22,23). The molecule has 1 N–H and O–H groups in total. The maximum absolute atomic E-state index is 9.22. The number of nitrogens with zero attached hydrogens (tertiary/aromatic N) is 5. The molecule has 1 saturated heterocycles. The van der Waals surface area contributed by atoms with Crippen LogP contribution in [0.4, 0.5) is 5.82 Å². The molecule has 6 heteroatoms. The molecular weight excluding hydrogens is 312 g/mol. The first-order valence-corrected chi connectivity index (χ1v) is 8.74. The van der Waals surface area contributed by atoms with Gasteiger partial charge in [0.1, 0.15) is 29.2 Å². The average Bonchev–Trinajstić information content (AvgIpc) is 3.12. The van der Waals surface area contributed by atoms with E-state index in [9.17, 15) is 5.26 Å². The Morgan fingerprint density at radius 3 is 2.96 bits per heavy atom. The molecule has 0 saturated carbocycles. The number of aromatic amines is 1. The molecule has 3 heterocycles. The summed E-state index contributed by atoms with van der Waals surface area (Å²) in [6.45, 7) is 3.81. The number of hydrogen-bond donors (Lipinski definition) is 1. The molecule has 0 aliphatic carbocycles. The lowest BCUT2D eigenvalue weighted by atomic mass is 9.97. The molecule has 1 atom stereocenters. The van der Waals surface area contributed by atoms with Crippen molar-refractivity contribution in [2.75, 3.05) is 18.0 Å². The third-order valence-corrected chi connectivity index (χ3v) is 4.73. The highest BCUT2D eigenvalue weighted by Gasteiger charge is 2.25. The van der Waals surface area contributed by atoms with Crippen LogP contribution in [0, 0.1) is 11.3 Å². The van der Waals surface area contributed by atoms with Crippen LogP contribution in [0.5, 0.6) is 0 Å². The van der Waals surface area contributed by atoms with Crippen molar-refractivity contribution >= 4 is 16.9 Å². The molecule has 1 fully saturated rings. The van der Waals surface area contributed by atoms with Crippen molar-refractivity contribution in [2.24, 2.45) is 0 Å². The molecule has 1 aliphatic heterocycles. The van der Waals surface area contributed by atoms with E-state index in [1.807, 2.05) is 25.1 Å². The topological polar surface area (TPSA) is 81.5 Å². The van der Waals surface area contributed by atoms with E-state index in [0.29, 0.717) is 11.6 Å². The smallest absolute Gasteiger partial charge is 0.146 e. The Kier molecular flexibility index (Phi) is 4.06.